The molecule has 2 atom stereocenters. The van der Waals surface area contributed by atoms with Crippen LogP contribution in [-0.2, 0) is 4.74 Å². The summed E-state index contributed by atoms with van der Waals surface area (Å²) in [5.41, 5.74) is 6.66. The van der Waals surface area contributed by atoms with Crippen LogP contribution in [0.1, 0.15) is 37.3 Å². The Bertz CT molecular complexity index is 431. The van der Waals surface area contributed by atoms with Crippen LogP contribution >= 0.6 is 0 Å². The van der Waals surface area contributed by atoms with Crippen molar-refractivity contribution in [2.45, 2.75) is 44.2 Å². The van der Waals surface area contributed by atoms with Gasteiger partial charge in [-0.15, -0.1) is 13.2 Å². The molecular formula is C14H18F3NO2. The molecule has 1 aliphatic heterocycles. The number of hydrogen-bond donors (Lipinski definition) is 1. The van der Waals surface area contributed by atoms with Crippen molar-refractivity contribution < 1.29 is 22.6 Å². The Kier molecular flexibility index (Phi) is 4.88. The fraction of sp³-hybridized carbons (Fsp3) is 0.571. The first-order chi connectivity index (χ1) is 9.44. The van der Waals surface area contributed by atoms with E-state index in [0.717, 1.165) is 25.9 Å². The van der Waals surface area contributed by atoms with Crippen LogP contribution in [0.4, 0.5) is 13.2 Å². The van der Waals surface area contributed by atoms with Crippen molar-refractivity contribution in [1.29, 1.82) is 0 Å². The number of alkyl halides is 3. The topological polar surface area (TPSA) is 44.5 Å². The van der Waals surface area contributed by atoms with Crippen molar-refractivity contribution in [3.63, 3.8) is 0 Å². The Labute approximate surface area is 115 Å². The molecule has 0 bridgehead atoms. The quantitative estimate of drug-likeness (QED) is 0.901. The van der Waals surface area contributed by atoms with Gasteiger partial charge in [0.1, 0.15) is 5.75 Å². The molecule has 2 unspecified atom stereocenters. The Balaban J connectivity index is 1.91. The fourth-order valence-electron chi connectivity index (χ4n) is 2.35. The lowest BCUT2D eigenvalue weighted by Crippen LogP contribution is -2.18. The van der Waals surface area contributed by atoms with Gasteiger partial charge in [0.25, 0.3) is 0 Å². The van der Waals surface area contributed by atoms with Gasteiger partial charge in [-0.2, -0.15) is 0 Å². The number of nitrogens with two attached hydrogens (primary N) is 1. The zero-order chi connectivity index (χ0) is 14.6. The van der Waals surface area contributed by atoms with Gasteiger partial charge in [-0.25, -0.2) is 0 Å². The van der Waals surface area contributed by atoms with E-state index in [2.05, 4.69) is 4.74 Å². The Morgan fingerprint density at radius 3 is 2.85 bits per heavy atom. The van der Waals surface area contributed by atoms with Crippen LogP contribution in [-0.4, -0.2) is 19.1 Å². The van der Waals surface area contributed by atoms with E-state index in [1.54, 1.807) is 6.07 Å². The molecular weight excluding hydrogens is 271 g/mol. The maximum Gasteiger partial charge on any atom is 0.573 e. The molecule has 1 heterocycles. The van der Waals surface area contributed by atoms with Crippen molar-refractivity contribution in [1.82, 2.24) is 0 Å². The second kappa shape index (κ2) is 6.45. The highest BCUT2D eigenvalue weighted by molar-refractivity contribution is 5.30. The van der Waals surface area contributed by atoms with Crippen LogP contribution in [0.3, 0.4) is 0 Å². The zero-order valence-electron chi connectivity index (χ0n) is 11.0. The van der Waals surface area contributed by atoms with Gasteiger partial charge in [-0.05, 0) is 43.4 Å². The molecule has 1 fully saturated rings. The van der Waals surface area contributed by atoms with Crippen molar-refractivity contribution in [3.8, 4) is 5.75 Å². The van der Waals surface area contributed by atoms with Crippen LogP contribution in [0.2, 0.25) is 0 Å². The standard InChI is InChI=1S/C14H18F3NO2/c15-14(16,17)20-12-4-1-3-10(9-12)13(18)7-6-11-5-2-8-19-11/h1,3-4,9,11,13H,2,5-8,18H2. The Morgan fingerprint density at radius 1 is 1.40 bits per heavy atom. The second-order valence-corrected chi connectivity index (χ2v) is 4.94. The Morgan fingerprint density at radius 2 is 2.20 bits per heavy atom. The highest BCUT2D eigenvalue weighted by atomic mass is 19.4. The van der Waals surface area contributed by atoms with E-state index >= 15 is 0 Å². The van der Waals surface area contributed by atoms with E-state index in [1.165, 1.54) is 18.2 Å². The van der Waals surface area contributed by atoms with E-state index in [-0.39, 0.29) is 17.9 Å². The van der Waals surface area contributed by atoms with Crippen LogP contribution in [0, 0.1) is 0 Å². The van der Waals surface area contributed by atoms with Gasteiger partial charge in [-0.3, -0.25) is 0 Å². The minimum Gasteiger partial charge on any atom is -0.406 e. The molecule has 3 nitrogen and oxygen atoms in total. The largest absolute Gasteiger partial charge is 0.573 e. The first-order valence-corrected chi connectivity index (χ1v) is 6.67. The molecule has 0 amide bonds. The van der Waals surface area contributed by atoms with E-state index in [4.69, 9.17) is 10.5 Å². The summed E-state index contributed by atoms with van der Waals surface area (Å²) in [6.07, 6.45) is -0.846. The summed E-state index contributed by atoms with van der Waals surface area (Å²) in [4.78, 5) is 0. The van der Waals surface area contributed by atoms with E-state index in [1.807, 2.05) is 0 Å². The van der Waals surface area contributed by atoms with Crippen LogP contribution in [0.25, 0.3) is 0 Å². The molecule has 6 heteroatoms. The van der Waals surface area contributed by atoms with Gasteiger partial charge in [0, 0.05) is 12.6 Å². The number of hydrogen-bond acceptors (Lipinski definition) is 3. The lowest BCUT2D eigenvalue weighted by molar-refractivity contribution is -0.274. The number of ether oxygens (including phenoxy) is 2. The minimum atomic E-state index is -4.68. The van der Waals surface area contributed by atoms with Gasteiger partial charge in [0.15, 0.2) is 0 Å². The molecule has 0 saturated carbocycles. The SMILES string of the molecule is NC(CCC1CCCO1)c1cccc(OC(F)(F)F)c1. The third-order valence-corrected chi connectivity index (χ3v) is 3.34. The number of halogens is 3. The summed E-state index contributed by atoms with van der Waals surface area (Å²) in [7, 11) is 0. The van der Waals surface area contributed by atoms with E-state index < -0.39 is 6.36 Å². The van der Waals surface area contributed by atoms with Crippen LogP contribution in [0.15, 0.2) is 24.3 Å². The summed E-state index contributed by atoms with van der Waals surface area (Å²) in [5, 5.41) is 0. The third kappa shape index (κ3) is 4.68. The monoisotopic (exact) mass is 289 g/mol. The van der Waals surface area contributed by atoms with Crippen molar-refractivity contribution in [2.75, 3.05) is 6.61 Å². The average molecular weight is 289 g/mol. The van der Waals surface area contributed by atoms with Crippen LogP contribution < -0.4 is 10.5 Å². The maximum atomic E-state index is 12.2. The normalized spacial score (nSPS) is 20.9. The first-order valence-electron chi connectivity index (χ1n) is 6.67. The lowest BCUT2D eigenvalue weighted by Gasteiger charge is -2.16. The number of rotatable bonds is 5. The van der Waals surface area contributed by atoms with Gasteiger partial charge in [0.2, 0.25) is 0 Å². The van der Waals surface area contributed by atoms with Gasteiger partial charge in [-0.1, -0.05) is 12.1 Å². The molecule has 0 radical (unpaired) electrons. The Hall–Kier alpha value is -1.27. The molecule has 2 rings (SSSR count). The van der Waals surface area contributed by atoms with Crippen molar-refractivity contribution in [3.05, 3.63) is 29.8 Å². The van der Waals surface area contributed by atoms with E-state index in [0.29, 0.717) is 12.0 Å². The van der Waals surface area contributed by atoms with Gasteiger partial charge < -0.3 is 15.2 Å². The van der Waals surface area contributed by atoms with Crippen molar-refractivity contribution >= 4 is 0 Å². The molecule has 112 valence electrons. The molecule has 1 aliphatic rings. The molecule has 0 aromatic heterocycles. The average Bonchev–Trinajstić information content (AvgIpc) is 2.87. The molecule has 1 saturated heterocycles. The minimum absolute atomic E-state index is 0.232. The molecule has 20 heavy (non-hydrogen) atoms. The predicted octanol–water partition coefficient (Wildman–Crippen LogP) is 3.54. The van der Waals surface area contributed by atoms with Crippen LogP contribution in [0.5, 0.6) is 5.75 Å². The highest BCUT2D eigenvalue weighted by Crippen LogP contribution is 2.27. The summed E-state index contributed by atoms with van der Waals surface area (Å²) in [6.45, 7) is 0.787. The van der Waals surface area contributed by atoms with Crippen molar-refractivity contribution in [2.24, 2.45) is 5.73 Å². The molecule has 0 aliphatic carbocycles. The van der Waals surface area contributed by atoms with E-state index in [9.17, 15) is 13.2 Å². The summed E-state index contributed by atoms with van der Waals surface area (Å²) in [6, 6.07) is 5.53. The maximum absolute atomic E-state index is 12.2. The number of benzene rings is 1. The summed E-state index contributed by atoms with van der Waals surface area (Å²) in [5.74, 6) is -0.234. The molecule has 2 N–H and O–H groups in total. The predicted molar refractivity (Wildman–Crippen MR) is 68.3 cm³/mol. The van der Waals surface area contributed by atoms with Gasteiger partial charge in [0.05, 0.1) is 6.10 Å². The zero-order valence-corrected chi connectivity index (χ0v) is 11.0. The highest BCUT2D eigenvalue weighted by Gasteiger charge is 2.31. The first kappa shape index (κ1) is 15.1. The summed E-state index contributed by atoms with van der Waals surface area (Å²) >= 11 is 0. The third-order valence-electron chi connectivity index (χ3n) is 3.34. The fourth-order valence-corrected chi connectivity index (χ4v) is 2.35. The van der Waals surface area contributed by atoms with Gasteiger partial charge >= 0.3 is 6.36 Å². The lowest BCUT2D eigenvalue weighted by atomic mass is 10.00. The summed E-state index contributed by atoms with van der Waals surface area (Å²) < 4.78 is 45.9. The molecule has 1 aromatic rings. The molecule has 0 spiro atoms. The molecule has 1 aromatic carbocycles. The second-order valence-electron chi connectivity index (χ2n) is 4.94. The smallest absolute Gasteiger partial charge is 0.406 e.